The van der Waals surface area contributed by atoms with Crippen LogP contribution in [0.5, 0.6) is 0 Å². The van der Waals surface area contributed by atoms with Crippen molar-refractivity contribution < 1.29 is 9.59 Å². The number of likely N-dealkylation sites (N-methyl/N-ethyl adjacent to an activating group) is 2. The van der Waals surface area contributed by atoms with Gasteiger partial charge < -0.3 is 15.5 Å². The lowest BCUT2D eigenvalue weighted by Gasteiger charge is -2.31. The molecule has 2 N–H and O–H groups in total. The number of fused-ring (bicyclic) bond motifs is 1. The van der Waals surface area contributed by atoms with Crippen LogP contribution in [0.25, 0.3) is 11.1 Å². The van der Waals surface area contributed by atoms with Crippen molar-refractivity contribution in [2.24, 2.45) is 7.05 Å². The fourth-order valence-electron chi connectivity index (χ4n) is 4.53. The van der Waals surface area contributed by atoms with Gasteiger partial charge in [-0.05, 0) is 47.9 Å². The van der Waals surface area contributed by atoms with E-state index in [-0.39, 0.29) is 62.1 Å². The van der Waals surface area contributed by atoms with Crippen molar-refractivity contribution in [1.82, 2.24) is 30.0 Å². The summed E-state index contributed by atoms with van der Waals surface area (Å²) >= 11 is 0. The minimum atomic E-state index is -0.111. The Kier molecular flexibility index (Phi) is 14.5. The van der Waals surface area contributed by atoms with Crippen LogP contribution in [0.1, 0.15) is 23.6 Å². The summed E-state index contributed by atoms with van der Waals surface area (Å²) in [6, 6.07) is 14.3. The Morgan fingerprint density at radius 3 is 2.25 bits per heavy atom. The average molecular weight is 613 g/mol. The Morgan fingerprint density at radius 2 is 1.68 bits per heavy atom. The highest BCUT2D eigenvalue weighted by atomic mass is 35.5. The largest absolute Gasteiger partial charge is 0.376 e. The third-order valence-corrected chi connectivity index (χ3v) is 6.79. The van der Waals surface area contributed by atoms with Crippen molar-refractivity contribution in [3.63, 3.8) is 0 Å². The molecule has 0 aliphatic carbocycles. The number of nitrogens with one attached hydrogen (secondary N) is 2. The van der Waals surface area contributed by atoms with E-state index in [0.717, 1.165) is 28.9 Å². The maximum atomic E-state index is 13.2. The second-order valence-corrected chi connectivity index (χ2v) is 9.46. The van der Waals surface area contributed by atoms with Gasteiger partial charge in [-0.3, -0.25) is 19.3 Å². The number of benzene rings is 2. The SMILES string of the molecule is CCNCCN(CC(=O)N(C)N1Cc2ccccc2C1)C(=O)CNc1ccc(-c2cnn(C)c2)cc1C.Cl.Cl.Cl. The summed E-state index contributed by atoms with van der Waals surface area (Å²) in [5, 5.41) is 14.4. The first kappa shape index (κ1) is 35.2. The Morgan fingerprint density at radius 1 is 1.00 bits per heavy atom. The number of carbonyl (C=O) groups excluding carboxylic acids is 2. The Labute approximate surface area is 255 Å². The van der Waals surface area contributed by atoms with Crippen LogP contribution in [0, 0.1) is 6.92 Å². The van der Waals surface area contributed by atoms with E-state index in [9.17, 15) is 9.59 Å². The summed E-state index contributed by atoms with van der Waals surface area (Å²) < 4.78 is 1.78. The minimum Gasteiger partial charge on any atom is -0.376 e. The van der Waals surface area contributed by atoms with Crippen molar-refractivity contribution in [1.29, 1.82) is 0 Å². The summed E-state index contributed by atoms with van der Waals surface area (Å²) in [4.78, 5) is 28.0. The topological polar surface area (TPSA) is 85.7 Å². The first-order valence-corrected chi connectivity index (χ1v) is 12.8. The van der Waals surface area contributed by atoms with Crippen molar-refractivity contribution in [3.8, 4) is 11.1 Å². The Hall–Kier alpha value is -2.82. The fourth-order valence-corrected chi connectivity index (χ4v) is 4.53. The van der Waals surface area contributed by atoms with E-state index in [1.54, 1.807) is 21.6 Å². The molecule has 9 nitrogen and oxygen atoms in total. The highest BCUT2D eigenvalue weighted by Crippen LogP contribution is 2.25. The number of hydrogen-bond donors (Lipinski definition) is 2. The van der Waals surface area contributed by atoms with Crippen LogP contribution < -0.4 is 10.6 Å². The summed E-state index contributed by atoms with van der Waals surface area (Å²) in [6.45, 7) is 7.49. The van der Waals surface area contributed by atoms with E-state index in [0.29, 0.717) is 26.2 Å². The van der Waals surface area contributed by atoms with Gasteiger partial charge in [0.15, 0.2) is 0 Å². The maximum absolute atomic E-state index is 13.2. The normalized spacial score (nSPS) is 11.9. The lowest BCUT2D eigenvalue weighted by molar-refractivity contribution is -0.151. The van der Waals surface area contributed by atoms with E-state index in [4.69, 9.17) is 0 Å². The molecule has 0 saturated heterocycles. The Bertz CT molecular complexity index is 1230. The molecule has 40 heavy (non-hydrogen) atoms. The van der Waals surface area contributed by atoms with Gasteiger partial charge in [-0.25, -0.2) is 5.01 Å². The fraction of sp³-hybridized carbons (Fsp3) is 0.393. The van der Waals surface area contributed by atoms with Crippen LogP contribution in [0.15, 0.2) is 54.9 Å². The predicted octanol–water partition coefficient (Wildman–Crippen LogP) is 3.90. The number of rotatable bonds is 11. The number of carbonyl (C=O) groups is 2. The molecule has 0 saturated carbocycles. The number of nitrogens with zero attached hydrogens (tertiary/aromatic N) is 5. The van der Waals surface area contributed by atoms with Gasteiger partial charge in [-0.1, -0.05) is 37.3 Å². The monoisotopic (exact) mass is 611 g/mol. The summed E-state index contributed by atoms with van der Waals surface area (Å²) in [7, 11) is 3.68. The molecule has 1 aliphatic rings. The van der Waals surface area contributed by atoms with E-state index >= 15 is 0 Å². The van der Waals surface area contributed by atoms with Crippen LogP contribution in [0.2, 0.25) is 0 Å². The van der Waals surface area contributed by atoms with Gasteiger partial charge in [-0.2, -0.15) is 5.10 Å². The number of hydrazine groups is 1. The number of anilines is 1. The van der Waals surface area contributed by atoms with Crippen LogP contribution in [0.3, 0.4) is 0 Å². The van der Waals surface area contributed by atoms with Crippen LogP contribution in [-0.2, 0) is 29.7 Å². The molecule has 3 aromatic rings. The molecule has 2 aromatic carbocycles. The molecule has 0 spiro atoms. The van der Waals surface area contributed by atoms with Crippen molar-refractivity contribution in [3.05, 3.63) is 71.5 Å². The first-order valence-electron chi connectivity index (χ1n) is 12.8. The molecular formula is C28H40Cl3N7O2. The molecule has 2 amide bonds. The predicted molar refractivity (Wildman–Crippen MR) is 167 cm³/mol. The van der Waals surface area contributed by atoms with Gasteiger partial charge in [0.1, 0.15) is 6.54 Å². The standard InChI is InChI=1S/C28H37N7O2.3ClH/c1-5-29-12-13-34(20-28(37)33(4)35-18-23-8-6-7-9-24(23)19-35)27(36)16-30-26-11-10-22(14-21(26)2)25-15-31-32(3)17-25;;;/h6-11,14-15,17,29-30H,5,12-13,16,18-20H2,1-4H3;3*1H. The van der Waals surface area contributed by atoms with E-state index in [2.05, 4.69) is 33.9 Å². The summed E-state index contributed by atoms with van der Waals surface area (Å²) in [5.41, 5.74) is 6.52. The number of aryl methyl sites for hydroxylation is 2. The van der Waals surface area contributed by atoms with E-state index < -0.39 is 0 Å². The van der Waals surface area contributed by atoms with Gasteiger partial charge in [0.2, 0.25) is 5.91 Å². The molecule has 220 valence electrons. The van der Waals surface area contributed by atoms with E-state index in [1.165, 1.54) is 11.1 Å². The molecule has 1 aromatic heterocycles. The van der Waals surface area contributed by atoms with Gasteiger partial charge in [0, 0.05) is 57.7 Å². The molecule has 0 fully saturated rings. The second kappa shape index (κ2) is 16.4. The first-order chi connectivity index (χ1) is 17.9. The van der Waals surface area contributed by atoms with Crippen molar-refractivity contribution in [2.75, 3.05) is 45.1 Å². The van der Waals surface area contributed by atoms with Gasteiger partial charge >= 0.3 is 0 Å². The van der Waals surface area contributed by atoms with Crippen LogP contribution in [0.4, 0.5) is 5.69 Å². The second-order valence-electron chi connectivity index (χ2n) is 9.46. The number of amides is 2. The quantitative estimate of drug-likeness (QED) is 0.320. The zero-order chi connectivity index (χ0) is 26.4. The molecule has 4 rings (SSSR count). The van der Waals surface area contributed by atoms with E-state index in [1.807, 2.05) is 62.6 Å². The smallest absolute Gasteiger partial charge is 0.256 e. The molecule has 1 aliphatic heterocycles. The minimum absolute atomic E-state index is 0. The lowest BCUT2D eigenvalue weighted by Crippen LogP contribution is -2.49. The van der Waals surface area contributed by atoms with Gasteiger partial charge in [-0.15, -0.1) is 37.2 Å². The molecule has 2 heterocycles. The maximum Gasteiger partial charge on any atom is 0.256 e. The zero-order valence-electron chi connectivity index (χ0n) is 23.4. The van der Waals surface area contributed by atoms with Crippen molar-refractivity contribution >= 4 is 54.7 Å². The van der Waals surface area contributed by atoms with Gasteiger partial charge in [0.05, 0.1) is 12.7 Å². The van der Waals surface area contributed by atoms with Crippen molar-refractivity contribution in [2.45, 2.75) is 26.9 Å². The number of aromatic nitrogens is 2. The molecule has 12 heteroatoms. The van der Waals surface area contributed by atoms with Crippen LogP contribution in [-0.4, -0.2) is 76.3 Å². The molecule has 0 radical (unpaired) electrons. The highest BCUT2D eigenvalue weighted by Gasteiger charge is 2.27. The highest BCUT2D eigenvalue weighted by molar-refractivity contribution is 5.87. The molecule has 0 atom stereocenters. The molecule has 0 unspecified atom stereocenters. The lowest BCUT2D eigenvalue weighted by atomic mass is 10.1. The number of hydrogen-bond acceptors (Lipinski definition) is 6. The molecule has 0 bridgehead atoms. The Balaban J connectivity index is 0.00000267. The summed E-state index contributed by atoms with van der Waals surface area (Å²) in [5.74, 6) is -0.213. The third-order valence-electron chi connectivity index (χ3n) is 6.79. The summed E-state index contributed by atoms with van der Waals surface area (Å²) in [6.07, 6.45) is 3.81. The molecular weight excluding hydrogens is 573 g/mol. The number of halogens is 3. The van der Waals surface area contributed by atoms with Crippen LogP contribution >= 0.6 is 37.2 Å². The third kappa shape index (κ3) is 8.84. The van der Waals surface area contributed by atoms with Gasteiger partial charge in [0.25, 0.3) is 5.91 Å². The zero-order valence-corrected chi connectivity index (χ0v) is 25.9. The average Bonchev–Trinajstić information content (AvgIpc) is 3.53.